The molecule has 2 saturated heterocycles. The third kappa shape index (κ3) is 4.78. The summed E-state index contributed by atoms with van der Waals surface area (Å²) in [4.78, 5) is 16.5. The van der Waals surface area contributed by atoms with E-state index in [1.54, 1.807) is 4.90 Å². The van der Waals surface area contributed by atoms with Crippen molar-refractivity contribution in [3.05, 3.63) is 23.8 Å². The van der Waals surface area contributed by atoms with Gasteiger partial charge in [-0.3, -0.25) is 0 Å². The second-order valence-electron chi connectivity index (χ2n) is 10.3. The number of benzene rings is 1. The van der Waals surface area contributed by atoms with E-state index < -0.39 is 5.60 Å². The average molecular weight is 416 g/mol. The molecule has 0 atom stereocenters. The van der Waals surface area contributed by atoms with Gasteiger partial charge in [-0.25, -0.2) is 4.79 Å². The lowest BCUT2D eigenvalue weighted by atomic mass is 9.78. The Hall–Kier alpha value is -1.73. The Balaban J connectivity index is 1.69. The van der Waals surface area contributed by atoms with Crippen molar-refractivity contribution in [2.75, 3.05) is 31.1 Å². The van der Waals surface area contributed by atoms with Gasteiger partial charge in [-0.2, -0.15) is 0 Å². The summed E-state index contributed by atoms with van der Waals surface area (Å²) in [6.45, 7) is 19.1. The highest BCUT2D eigenvalue weighted by Gasteiger charge is 2.51. The van der Waals surface area contributed by atoms with Crippen LogP contribution in [0.3, 0.4) is 0 Å². The molecule has 2 aliphatic rings. The van der Waals surface area contributed by atoms with E-state index in [1.165, 1.54) is 11.3 Å². The topological polar surface area (TPSA) is 51.2 Å². The molecular formula is C23H37BN2O4. The molecule has 0 radical (unpaired) electrons. The highest BCUT2D eigenvalue weighted by atomic mass is 16.7. The molecule has 30 heavy (non-hydrogen) atoms. The van der Waals surface area contributed by atoms with Crippen molar-refractivity contribution in [1.82, 2.24) is 4.90 Å². The maximum atomic E-state index is 12.3. The first kappa shape index (κ1) is 22.9. The highest BCUT2D eigenvalue weighted by Crippen LogP contribution is 2.36. The molecule has 7 heteroatoms. The quantitative estimate of drug-likeness (QED) is 0.705. The zero-order valence-corrected chi connectivity index (χ0v) is 19.9. The lowest BCUT2D eigenvalue weighted by Crippen LogP contribution is -2.50. The van der Waals surface area contributed by atoms with Crippen molar-refractivity contribution in [2.45, 2.75) is 78.6 Å². The monoisotopic (exact) mass is 416 g/mol. The number of carbonyl (C=O) groups excluding carboxylic acids is 1. The second kappa shape index (κ2) is 8.08. The number of hydrogen-bond donors (Lipinski definition) is 0. The molecule has 2 aliphatic heterocycles. The third-order valence-electron chi connectivity index (χ3n) is 6.28. The van der Waals surface area contributed by atoms with Crippen LogP contribution in [0.1, 0.15) is 61.0 Å². The van der Waals surface area contributed by atoms with Gasteiger partial charge >= 0.3 is 13.2 Å². The second-order valence-corrected chi connectivity index (χ2v) is 10.3. The van der Waals surface area contributed by atoms with E-state index in [4.69, 9.17) is 14.0 Å². The van der Waals surface area contributed by atoms with Gasteiger partial charge < -0.3 is 23.8 Å². The van der Waals surface area contributed by atoms with Crippen molar-refractivity contribution < 1.29 is 18.8 Å². The summed E-state index contributed by atoms with van der Waals surface area (Å²) in [5.74, 6) is 0. The summed E-state index contributed by atoms with van der Waals surface area (Å²) < 4.78 is 18.0. The molecule has 3 rings (SSSR count). The fraction of sp³-hybridized carbons (Fsp3) is 0.696. The van der Waals surface area contributed by atoms with Crippen LogP contribution in [-0.4, -0.2) is 61.1 Å². The first-order valence-electron chi connectivity index (χ1n) is 11.0. The Morgan fingerprint density at radius 1 is 1.07 bits per heavy atom. The minimum absolute atomic E-state index is 0.228. The Morgan fingerprint density at radius 2 is 1.63 bits per heavy atom. The van der Waals surface area contributed by atoms with Crippen LogP contribution in [0.15, 0.2) is 18.2 Å². The molecular weight excluding hydrogens is 379 g/mol. The summed E-state index contributed by atoms with van der Waals surface area (Å²) in [6.07, 6.45) is 0.698. The summed E-state index contributed by atoms with van der Waals surface area (Å²) in [6, 6.07) is 6.48. The predicted octanol–water partition coefficient (Wildman–Crippen LogP) is 3.61. The van der Waals surface area contributed by atoms with Gasteiger partial charge in [0.05, 0.1) is 11.2 Å². The molecule has 0 N–H and O–H groups in total. The molecule has 6 nitrogen and oxygen atoms in total. The first-order chi connectivity index (χ1) is 13.8. The number of anilines is 1. The smallest absolute Gasteiger partial charge is 0.444 e. The molecule has 2 fully saturated rings. The minimum atomic E-state index is -0.465. The number of carbonyl (C=O) groups is 1. The maximum absolute atomic E-state index is 12.3. The van der Waals surface area contributed by atoms with E-state index in [0.717, 1.165) is 25.0 Å². The molecule has 1 aromatic rings. The van der Waals surface area contributed by atoms with Gasteiger partial charge in [0, 0.05) is 31.9 Å². The van der Waals surface area contributed by atoms with Crippen LogP contribution in [0, 0.1) is 0 Å². The van der Waals surface area contributed by atoms with Gasteiger partial charge in [0.15, 0.2) is 0 Å². The van der Waals surface area contributed by atoms with E-state index in [1.807, 2.05) is 20.8 Å². The molecule has 166 valence electrons. The number of hydrogen-bond acceptors (Lipinski definition) is 5. The Bertz CT molecular complexity index is 764. The molecule has 1 aromatic carbocycles. The number of rotatable bonds is 3. The van der Waals surface area contributed by atoms with Crippen LogP contribution >= 0.6 is 0 Å². The number of aryl methyl sites for hydroxylation is 1. The highest BCUT2D eigenvalue weighted by molar-refractivity contribution is 6.62. The van der Waals surface area contributed by atoms with Crippen LogP contribution in [0.2, 0.25) is 0 Å². The molecule has 0 saturated carbocycles. The first-order valence-corrected chi connectivity index (χ1v) is 11.0. The zero-order valence-electron chi connectivity index (χ0n) is 19.9. The van der Waals surface area contributed by atoms with Crippen molar-refractivity contribution in [1.29, 1.82) is 0 Å². The third-order valence-corrected chi connectivity index (χ3v) is 6.28. The normalized spacial score (nSPS) is 21.1. The molecule has 0 unspecified atom stereocenters. The average Bonchev–Trinajstić information content (AvgIpc) is 2.87. The van der Waals surface area contributed by atoms with E-state index in [9.17, 15) is 4.79 Å². The van der Waals surface area contributed by atoms with Gasteiger partial charge in [0.25, 0.3) is 0 Å². The lowest BCUT2D eigenvalue weighted by Gasteiger charge is -2.37. The maximum Gasteiger partial charge on any atom is 0.494 e. The number of piperazine rings is 1. The van der Waals surface area contributed by atoms with Crippen LogP contribution < -0.4 is 10.4 Å². The molecule has 0 spiro atoms. The fourth-order valence-electron chi connectivity index (χ4n) is 3.78. The van der Waals surface area contributed by atoms with Crippen molar-refractivity contribution >= 4 is 24.4 Å². The molecule has 0 aliphatic carbocycles. The van der Waals surface area contributed by atoms with Crippen molar-refractivity contribution in [3.8, 4) is 0 Å². The largest absolute Gasteiger partial charge is 0.494 e. The Morgan fingerprint density at radius 3 is 2.13 bits per heavy atom. The Labute approximate surface area is 182 Å². The van der Waals surface area contributed by atoms with Gasteiger partial charge in [-0.15, -0.1) is 0 Å². The zero-order chi connectivity index (χ0) is 22.3. The minimum Gasteiger partial charge on any atom is -0.444 e. The van der Waals surface area contributed by atoms with E-state index in [0.29, 0.717) is 13.1 Å². The van der Waals surface area contributed by atoms with Crippen LogP contribution in [0.4, 0.5) is 10.5 Å². The van der Waals surface area contributed by atoms with E-state index in [2.05, 4.69) is 57.7 Å². The predicted molar refractivity (Wildman–Crippen MR) is 122 cm³/mol. The van der Waals surface area contributed by atoms with Crippen LogP contribution in [0.25, 0.3) is 0 Å². The van der Waals surface area contributed by atoms with Gasteiger partial charge in [-0.05, 0) is 72.0 Å². The van der Waals surface area contributed by atoms with Gasteiger partial charge in [0.1, 0.15) is 5.60 Å². The summed E-state index contributed by atoms with van der Waals surface area (Å²) >= 11 is 0. The Kier molecular flexibility index (Phi) is 6.18. The van der Waals surface area contributed by atoms with E-state index >= 15 is 0 Å². The summed E-state index contributed by atoms with van der Waals surface area (Å²) in [7, 11) is -0.349. The summed E-state index contributed by atoms with van der Waals surface area (Å²) in [5.41, 5.74) is 2.39. The molecule has 2 heterocycles. The molecule has 0 bridgehead atoms. The van der Waals surface area contributed by atoms with Gasteiger partial charge in [0.2, 0.25) is 0 Å². The van der Waals surface area contributed by atoms with Crippen molar-refractivity contribution in [3.63, 3.8) is 0 Å². The van der Waals surface area contributed by atoms with E-state index in [-0.39, 0.29) is 24.4 Å². The number of amides is 1. The SMILES string of the molecule is CCc1cc(B2OC(C)(C)C(C)(C)O2)ccc1N1CCN(C(=O)OC(C)(C)C)CC1. The number of ether oxygens (including phenoxy) is 1. The molecule has 0 aromatic heterocycles. The molecule has 1 amide bonds. The number of nitrogens with zero attached hydrogens (tertiary/aromatic N) is 2. The standard InChI is InChI=1S/C23H37BN2O4/c1-9-17-16-18(24-29-22(5,6)23(7,8)30-24)10-11-19(17)25-12-14-26(15-13-25)20(27)28-21(2,3)4/h10-11,16H,9,12-15H2,1-8H3. The van der Waals surface area contributed by atoms with Crippen LogP contribution in [0.5, 0.6) is 0 Å². The fourth-order valence-corrected chi connectivity index (χ4v) is 3.78. The summed E-state index contributed by atoms with van der Waals surface area (Å²) in [5, 5.41) is 0. The van der Waals surface area contributed by atoms with Crippen LogP contribution in [-0.2, 0) is 20.5 Å². The lowest BCUT2D eigenvalue weighted by molar-refractivity contribution is 0.00578. The van der Waals surface area contributed by atoms with Crippen molar-refractivity contribution in [2.24, 2.45) is 0 Å². The van der Waals surface area contributed by atoms with Gasteiger partial charge in [-0.1, -0.05) is 19.1 Å².